The van der Waals surface area contributed by atoms with Gasteiger partial charge in [-0.05, 0) is 46.5 Å². The molecule has 3 nitrogen and oxygen atoms in total. The Morgan fingerprint density at radius 2 is 1.79 bits per heavy atom. The van der Waals surface area contributed by atoms with Crippen molar-refractivity contribution in [2.24, 2.45) is 0 Å². The SMILES string of the molecule is CCCN(CCC)S(=O)(=O)c1cc(CCl)ccc1Br. The third-order valence-electron chi connectivity index (χ3n) is 2.71. The van der Waals surface area contributed by atoms with Crippen LogP contribution in [0.25, 0.3) is 0 Å². The van der Waals surface area contributed by atoms with Crippen LogP contribution in [0.3, 0.4) is 0 Å². The van der Waals surface area contributed by atoms with Crippen LogP contribution in [0.15, 0.2) is 27.6 Å². The van der Waals surface area contributed by atoms with E-state index in [0.717, 1.165) is 18.4 Å². The summed E-state index contributed by atoms with van der Waals surface area (Å²) in [6, 6.07) is 5.20. The predicted octanol–water partition coefficient (Wildman–Crippen LogP) is 4.00. The van der Waals surface area contributed by atoms with Crippen LogP contribution in [0.2, 0.25) is 0 Å². The first-order chi connectivity index (χ1) is 8.97. The van der Waals surface area contributed by atoms with Gasteiger partial charge in [-0.2, -0.15) is 4.31 Å². The van der Waals surface area contributed by atoms with Crippen LogP contribution in [0.1, 0.15) is 32.3 Å². The van der Waals surface area contributed by atoms with Crippen LogP contribution in [-0.4, -0.2) is 25.8 Å². The average Bonchev–Trinajstić information content (AvgIpc) is 2.39. The molecule has 19 heavy (non-hydrogen) atoms. The van der Waals surface area contributed by atoms with Crippen LogP contribution in [0.5, 0.6) is 0 Å². The zero-order valence-electron chi connectivity index (χ0n) is 11.2. The highest BCUT2D eigenvalue weighted by molar-refractivity contribution is 9.10. The number of rotatable bonds is 7. The molecule has 0 aliphatic heterocycles. The maximum absolute atomic E-state index is 12.7. The third-order valence-corrected chi connectivity index (χ3v) is 5.91. The summed E-state index contributed by atoms with van der Waals surface area (Å²) in [5.74, 6) is 0.303. The molecule has 1 aromatic carbocycles. The quantitative estimate of drug-likeness (QED) is 0.682. The minimum Gasteiger partial charge on any atom is -0.207 e. The Balaban J connectivity index is 3.23. The molecular weight excluding hydrogens is 350 g/mol. The summed E-state index contributed by atoms with van der Waals surface area (Å²) in [4.78, 5) is 0.299. The molecule has 0 heterocycles. The van der Waals surface area contributed by atoms with Gasteiger partial charge in [-0.1, -0.05) is 19.9 Å². The lowest BCUT2D eigenvalue weighted by Gasteiger charge is -2.22. The molecule has 0 aliphatic carbocycles. The molecule has 1 rings (SSSR count). The lowest BCUT2D eigenvalue weighted by molar-refractivity contribution is 0.409. The van der Waals surface area contributed by atoms with Crippen LogP contribution in [0.4, 0.5) is 0 Å². The lowest BCUT2D eigenvalue weighted by Crippen LogP contribution is -2.32. The Bertz CT molecular complexity index is 513. The summed E-state index contributed by atoms with van der Waals surface area (Å²) in [6.45, 7) is 5.02. The van der Waals surface area contributed by atoms with Crippen molar-refractivity contribution in [1.82, 2.24) is 4.31 Å². The fraction of sp³-hybridized carbons (Fsp3) is 0.538. The lowest BCUT2D eigenvalue weighted by atomic mass is 10.2. The highest BCUT2D eigenvalue weighted by Gasteiger charge is 2.25. The van der Waals surface area contributed by atoms with E-state index in [1.165, 1.54) is 4.31 Å². The predicted molar refractivity (Wildman–Crippen MR) is 83.0 cm³/mol. The Labute approximate surface area is 129 Å². The largest absolute Gasteiger partial charge is 0.244 e. The fourth-order valence-electron chi connectivity index (χ4n) is 1.82. The van der Waals surface area contributed by atoms with Gasteiger partial charge in [0.05, 0.1) is 4.90 Å². The highest BCUT2D eigenvalue weighted by atomic mass is 79.9. The molecule has 6 heteroatoms. The van der Waals surface area contributed by atoms with E-state index in [2.05, 4.69) is 15.9 Å². The molecule has 0 radical (unpaired) electrons. The van der Waals surface area contributed by atoms with Gasteiger partial charge in [-0.15, -0.1) is 11.6 Å². The minimum absolute atomic E-state index is 0.299. The molecule has 0 saturated carbocycles. The topological polar surface area (TPSA) is 37.4 Å². The normalized spacial score (nSPS) is 12.1. The first-order valence-electron chi connectivity index (χ1n) is 6.31. The van der Waals surface area contributed by atoms with Crippen molar-refractivity contribution in [2.45, 2.75) is 37.5 Å². The highest BCUT2D eigenvalue weighted by Crippen LogP contribution is 2.27. The average molecular weight is 369 g/mol. The van der Waals surface area contributed by atoms with Crippen molar-refractivity contribution in [3.63, 3.8) is 0 Å². The molecule has 108 valence electrons. The minimum atomic E-state index is -3.46. The van der Waals surface area contributed by atoms with Crippen molar-refractivity contribution >= 4 is 37.6 Å². The van der Waals surface area contributed by atoms with Crippen LogP contribution in [0, 0.1) is 0 Å². The van der Waals surface area contributed by atoms with Crippen LogP contribution < -0.4 is 0 Å². The van der Waals surface area contributed by atoms with Crippen LogP contribution in [-0.2, 0) is 15.9 Å². The monoisotopic (exact) mass is 367 g/mol. The maximum atomic E-state index is 12.7. The maximum Gasteiger partial charge on any atom is 0.244 e. The molecule has 0 atom stereocenters. The van der Waals surface area contributed by atoms with Gasteiger partial charge in [0.25, 0.3) is 0 Å². The molecule has 0 bridgehead atoms. The second-order valence-electron chi connectivity index (χ2n) is 4.30. The molecule has 0 aliphatic rings. The van der Waals surface area contributed by atoms with Gasteiger partial charge in [-0.25, -0.2) is 8.42 Å². The standard InChI is InChI=1S/C13H19BrClNO2S/c1-3-7-16(8-4-2)19(17,18)13-9-11(10-15)5-6-12(13)14/h5-6,9H,3-4,7-8,10H2,1-2H3. The number of hydrogen-bond acceptors (Lipinski definition) is 2. The summed E-state index contributed by atoms with van der Waals surface area (Å²) in [5, 5.41) is 0. The number of hydrogen-bond donors (Lipinski definition) is 0. The summed E-state index contributed by atoms with van der Waals surface area (Å²) >= 11 is 9.10. The molecular formula is C13H19BrClNO2S. The molecule has 1 aromatic rings. The van der Waals surface area contributed by atoms with E-state index in [1.54, 1.807) is 12.1 Å². The Kier molecular flexibility index (Phi) is 6.80. The van der Waals surface area contributed by atoms with Gasteiger partial charge in [0.2, 0.25) is 10.0 Å². The molecule has 0 N–H and O–H groups in total. The molecule has 0 unspecified atom stereocenters. The van der Waals surface area contributed by atoms with E-state index >= 15 is 0 Å². The van der Waals surface area contributed by atoms with E-state index < -0.39 is 10.0 Å². The summed E-state index contributed by atoms with van der Waals surface area (Å²) < 4.78 is 27.4. The number of nitrogens with zero attached hydrogens (tertiary/aromatic N) is 1. The zero-order chi connectivity index (χ0) is 14.5. The molecule has 0 aromatic heterocycles. The van der Waals surface area contributed by atoms with Gasteiger partial charge in [0.1, 0.15) is 0 Å². The zero-order valence-corrected chi connectivity index (χ0v) is 14.4. The number of halogens is 2. The number of sulfonamides is 1. The van der Waals surface area contributed by atoms with Crippen molar-refractivity contribution in [3.8, 4) is 0 Å². The Morgan fingerprint density at radius 1 is 1.21 bits per heavy atom. The van der Waals surface area contributed by atoms with Gasteiger partial charge in [0.15, 0.2) is 0 Å². The third kappa shape index (κ3) is 4.18. The van der Waals surface area contributed by atoms with E-state index in [0.29, 0.717) is 28.3 Å². The second-order valence-corrected chi connectivity index (χ2v) is 7.33. The van der Waals surface area contributed by atoms with Crippen molar-refractivity contribution in [2.75, 3.05) is 13.1 Å². The molecule has 0 spiro atoms. The Morgan fingerprint density at radius 3 is 2.26 bits per heavy atom. The smallest absolute Gasteiger partial charge is 0.207 e. The van der Waals surface area contributed by atoms with Gasteiger partial charge in [-0.3, -0.25) is 0 Å². The first-order valence-corrected chi connectivity index (χ1v) is 9.08. The molecule has 0 saturated heterocycles. The van der Waals surface area contributed by atoms with Gasteiger partial charge >= 0.3 is 0 Å². The number of benzene rings is 1. The van der Waals surface area contributed by atoms with Crippen molar-refractivity contribution in [3.05, 3.63) is 28.2 Å². The first kappa shape index (κ1) is 17.0. The van der Waals surface area contributed by atoms with E-state index in [4.69, 9.17) is 11.6 Å². The molecule has 0 fully saturated rings. The van der Waals surface area contributed by atoms with Crippen molar-refractivity contribution < 1.29 is 8.42 Å². The van der Waals surface area contributed by atoms with E-state index in [9.17, 15) is 8.42 Å². The molecule has 0 amide bonds. The number of alkyl halides is 1. The van der Waals surface area contributed by atoms with Crippen molar-refractivity contribution in [1.29, 1.82) is 0 Å². The second kappa shape index (κ2) is 7.62. The van der Waals surface area contributed by atoms with E-state index in [-0.39, 0.29) is 0 Å². The summed E-state index contributed by atoms with van der Waals surface area (Å²) in [6.07, 6.45) is 1.60. The summed E-state index contributed by atoms with van der Waals surface area (Å²) in [7, 11) is -3.46. The van der Waals surface area contributed by atoms with E-state index in [1.807, 2.05) is 19.9 Å². The summed E-state index contributed by atoms with van der Waals surface area (Å²) in [5.41, 5.74) is 0.802. The van der Waals surface area contributed by atoms with Gasteiger partial charge in [0, 0.05) is 23.4 Å². The fourth-order valence-corrected chi connectivity index (χ4v) is 4.58. The van der Waals surface area contributed by atoms with Crippen LogP contribution >= 0.6 is 27.5 Å². The van der Waals surface area contributed by atoms with Gasteiger partial charge < -0.3 is 0 Å². The Hall–Kier alpha value is -0.100.